The van der Waals surface area contributed by atoms with E-state index in [1.165, 1.54) is 0 Å². The number of rotatable bonds is 0. The van der Waals surface area contributed by atoms with E-state index in [1.807, 2.05) is 20.8 Å². The van der Waals surface area contributed by atoms with Crippen molar-refractivity contribution >= 4 is 6.09 Å². The van der Waals surface area contributed by atoms with Gasteiger partial charge in [-0.15, -0.1) is 0 Å². The number of amides is 1. The van der Waals surface area contributed by atoms with E-state index >= 15 is 0 Å². The van der Waals surface area contributed by atoms with Gasteiger partial charge in [-0.3, -0.25) is 0 Å². The predicted octanol–water partition coefficient (Wildman–Crippen LogP) is 2.40. The fraction of sp³-hybridized carbons (Fsp3) is 0.929. The van der Waals surface area contributed by atoms with Crippen LogP contribution in [0.3, 0.4) is 0 Å². The Bertz CT molecular complexity index is 328. The highest BCUT2D eigenvalue weighted by Crippen LogP contribution is 2.46. The summed E-state index contributed by atoms with van der Waals surface area (Å²) in [6.07, 6.45) is 2.55. The molecule has 1 spiro atoms. The molecular formula is C14H25NO3. The van der Waals surface area contributed by atoms with E-state index in [9.17, 15) is 9.90 Å². The van der Waals surface area contributed by atoms with Crippen LogP contribution in [0.25, 0.3) is 0 Å². The first-order chi connectivity index (χ1) is 8.21. The van der Waals surface area contributed by atoms with E-state index in [0.717, 1.165) is 32.4 Å². The van der Waals surface area contributed by atoms with Gasteiger partial charge in [0, 0.05) is 18.5 Å². The largest absolute Gasteiger partial charge is 0.444 e. The van der Waals surface area contributed by atoms with Crippen LogP contribution in [0.4, 0.5) is 4.79 Å². The molecule has 0 aromatic carbocycles. The maximum absolute atomic E-state index is 11.9. The van der Waals surface area contributed by atoms with Crippen LogP contribution in [-0.4, -0.2) is 40.9 Å². The average molecular weight is 255 g/mol. The van der Waals surface area contributed by atoms with Gasteiger partial charge in [-0.05, 0) is 46.0 Å². The summed E-state index contributed by atoms with van der Waals surface area (Å²) in [4.78, 5) is 13.7. The third kappa shape index (κ3) is 2.79. The number of aliphatic hydroxyl groups is 1. The van der Waals surface area contributed by atoms with Crippen molar-refractivity contribution in [1.29, 1.82) is 0 Å². The van der Waals surface area contributed by atoms with E-state index < -0.39 is 5.60 Å². The number of nitrogens with zero attached hydrogens (tertiary/aromatic N) is 1. The first-order valence-electron chi connectivity index (χ1n) is 6.87. The second kappa shape index (κ2) is 4.41. The minimum Gasteiger partial charge on any atom is -0.444 e. The summed E-state index contributed by atoms with van der Waals surface area (Å²) < 4.78 is 5.36. The third-order valence-corrected chi connectivity index (χ3v) is 4.09. The molecule has 1 amide bonds. The molecule has 104 valence electrons. The van der Waals surface area contributed by atoms with E-state index in [2.05, 4.69) is 6.92 Å². The number of ether oxygens (including phenoxy) is 1. The maximum Gasteiger partial charge on any atom is 0.410 e. The Morgan fingerprint density at radius 2 is 2.00 bits per heavy atom. The minimum absolute atomic E-state index is 0.161. The summed E-state index contributed by atoms with van der Waals surface area (Å²) in [7, 11) is 0. The number of aliphatic hydroxyl groups excluding tert-OH is 1. The molecule has 1 aliphatic carbocycles. The van der Waals surface area contributed by atoms with Gasteiger partial charge >= 0.3 is 6.09 Å². The third-order valence-electron chi connectivity index (χ3n) is 4.09. The number of carbonyl (C=O) groups is 1. The summed E-state index contributed by atoms with van der Waals surface area (Å²) in [5, 5.41) is 9.75. The van der Waals surface area contributed by atoms with Crippen LogP contribution in [0.5, 0.6) is 0 Å². The van der Waals surface area contributed by atoms with Crippen molar-refractivity contribution in [2.45, 2.75) is 58.7 Å². The lowest BCUT2D eigenvalue weighted by Gasteiger charge is -2.54. The Morgan fingerprint density at radius 1 is 1.39 bits per heavy atom. The molecule has 1 aliphatic heterocycles. The lowest BCUT2D eigenvalue weighted by atomic mass is 9.64. The zero-order chi connectivity index (χ0) is 13.6. The Labute approximate surface area is 109 Å². The van der Waals surface area contributed by atoms with Crippen LogP contribution in [0.1, 0.15) is 47.0 Å². The standard InChI is InChI=1S/C14H25NO3/c1-10-7-14(6-5-11(10)16)8-15(9-14)12(17)18-13(2,3)4/h10-11,16H,5-9H2,1-4H3/t10-,11-/m1/s1. The topological polar surface area (TPSA) is 49.8 Å². The molecule has 2 atom stereocenters. The highest BCUT2D eigenvalue weighted by atomic mass is 16.6. The molecule has 2 rings (SSSR count). The normalized spacial score (nSPS) is 31.1. The molecule has 1 N–H and O–H groups in total. The van der Waals surface area contributed by atoms with E-state index in [1.54, 1.807) is 4.90 Å². The van der Waals surface area contributed by atoms with Crippen LogP contribution in [0.2, 0.25) is 0 Å². The molecule has 0 unspecified atom stereocenters. The molecule has 0 radical (unpaired) electrons. The van der Waals surface area contributed by atoms with Crippen molar-refractivity contribution in [3.8, 4) is 0 Å². The van der Waals surface area contributed by atoms with Crippen molar-refractivity contribution in [3.63, 3.8) is 0 Å². The number of likely N-dealkylation sites (tertiary alicyclic amines) is 1. The van der Waals surface area contributed by atoms with Gasteiger partial charge in [0.15, 0.2) is 0 Å². The Balaban J connectivity index is 1.85. The lowest BCUT2D eigenvalue weighted by molar-refractivity contribution is -0.0800. The summed E-state index contributed by atoms with van der Waals surface area (Å²) in [5.41, 5.74) is -0.175. The van der Waals surface area contributed by atoms with Gasteiger partial charge in [0.2, 0.25) is 0 Å². The van der Waals surface area contributed by atoms with Crippen LogP contribution < -0.4 is 0 Å². The van der Waals surface area contributed by atoms with Crippen LogP contribution >= 0.6 is 0 Å². The van der Waals surface area contributed by atoms with Gasteiger partial charge in [-0.1, -0.05) is 6.92 Å². The molecule has 1 saturated carbocycles. The van der Waals surface area contributed by atoms with Crippen LogP contribution in [0.15, 0.2) is 0 Å². The molecular weight excluding hydrogens is 230 g/mol. The van der Waals surface area contributed by atoms with Gasteiger partial charge in [0.05, 0.1) is 6.10 Å². The fourth-order valence-corrected chi connectivity index (χ4v) is 3.17. The average Bonchev–Trinajstić information content (AvgIpc) is 2.16. The highest BCUT2D eigenvalue weighted by molar-refractivity contribution is 5.69. The van der Waals surface area contributed by atoms with E-state index in [0.29, 0.717) is 5.92 Å². The molecule has 4 heteroatoms. The van der Waals surface area contributed by atoms with Gasteiger partial charge in [-0.2, -0.15) is 0 Å². The second-order valence-electron chi connectivity index (χ2n) is 7.12. The zero-order valence-corrected chi connectivity index (χ0v) is 11.9. The molecule has 0 aromatic rings. The van der Waals surface area contributed by atoms with E-state index in [-0.39, 0.29) is 17.6 Å². The minimum atomic E-state index is -0.421. The molecule has 4 nitrogen and oxygen atoms in total. The highest BCUT2D eigenvalue weighted by Gasteiger charge is 2.49. The summed E-state index contributed by atoms with van der Waals surface area (Å²) in [6, 6.07) is 0. The van der Waals surface area contributed by atoms with Gasteiger partial charge in [0.1, 0.15) is 5.60 Å². The summed E-state index contributed by atoms with van der Waals surface area (Å²) in [5.74, 6) is 0.347. The number of hydrogen-bond donors (Lipinski definition) is 1. The molecule has 1 heterocycles. The first kappa shape index (κ1) is 13.7. The van der Waals surface area contributed by atoms with Gasteiger partial charge < -0.3 is 14.7 Å². The van der Waals surface area contributed by atoms with Crippen molar-refractivity contribution in [2.75, 3.05) is 13.1 Å². The maximum atomic E-state index is 11.9. The fourth-order valence-electron chi connectivity index (χ4n) is 3.17. The molecule has 1 saturated heterocycles. The second-order valence-corrected chi connectivity index (χ2v) is 7.12. The number of hydrogen-bond acceptors (Lipinski definition) is 3. The van der Waals surface area contributed by atoms with Crippen LogP contribution in [-0.2, 0) is 4.74 Å². The zero-order valence-electron chi connectivity index (χ0n) is 11.9. The smallest absolute Gasteiger partial charge is 0.410 e. The Morgan fingerprint density at radius 3 is 2.50 bits per heavy atom. The van der Waals surface area contributed by atoms with Gasteiger partial charge in [-0.25, -0.2) is 4.79 Å². The SMILES string of the molecule is C[C@@H]1CC2(CC[C@H]1O)CN(C(=O)OC(C)(C)C)C2. The summed E-state index contributed by atoms with van der Waals surface area (Å²) in [6.45, 7) is 9.35. The molecule has 0 aromatic heterocycles. The van der Waals surface area contributed by atoms with E-state index in [4.69, 9.17) is 4.74 Å². The first-order valence-corrected chi connectivity index (χ1v) is 6.87. The van der Waals surface area contributed by atoms with Crippen LogP contribution in [0, 0.1) is 11.3 Å². The predicted molar refractivity (Wildman–Crippen MR) is 69.3 cm³/mol. The van der Waals surface area contributed by atoms with Gasteiger partial charge in [0.25, 0.3) is 0 Å². The Hall–Kier alpha value is -0.770. The molecule has 0 bridgehead atoms. The van der Waals surface area contributed by atoms with Crippen molar-refractivity contribution in [1.82, 2.24) is 4.90 Å². The lowest BCUT2D eigenvalue weighted by Crippen LogP contribution is -2.61. The number of carbonyl (C=O) groups excluding carboxylic acids is 1. The molecule has 2 aliphatic rings. The quantitative estimate of drug-likeness (QED) is 0.723. The van der Waals surface area contributed by atoms with Crippen molar-refractivity contribution in [3.05, 3.63) is 0 Å². The molecule has 2 fully saturated rings. The monoisotopic (exact) mass is 255 g/mol. The summed E-state index contributed by atoms with van der Waals surface area (Å²) >= 11 is 0. The Kier molecular flexibility index (Phi) is 3.34. The molecule has 18 heavy (non-hydrogen) atoms. The van der Waals surface area contributed by atoms with Crippen molar-refractivity contribution < 1.29 is 14.6 Å². The van der Waals surface area contributed by atoms with Crippen molar-refractivity contribution in [2.24, 2.45) is 11.3 Å².